The second-order valence-electron chi connectivity index (χ2n) is 3.21. The SMILES string of the molecule is CCCC(C)c1ccc(N)cn1. The van der Waals surface area contributed by atoms with Gasteiger partial charge in [-0.1, -0.05) is 20.3 Å². The van der Waals surface area contributed by atoms with Gasteiger partial charge in [0.2, 0.25) is 0 Å². The topological polar surface area (TPSA) is 38.9 Å². The number of aromatic nitrogens is 1. The number of hydrogen-bond acceptors (Lipinski definition) is 2. The van der Waals surface area contributed by atoms with Crippen LogP contribution < -0.4 is 5.73 Å². The minimum Gasteiger partial charge on any atom is -0.397 e. The van der Waals surface area contributed by atoms with E-state index in [1.165, 1.54) is 12.8 Å². The summed E-state index contributed by atoms with van der Waals surface area (Å²) in [6.45, 7) is 4.38. The average molecular weight is 164 g/mol. The van der Waals surface area contributed by atoms with E-state index in [0.29, 0.717) is 5.92 Å². The van der Waals surface area contributed by atoms with Crippen LogP contribution in [0.4, 0.5) is 5.69 Å². The van der Waals surface area contributed by atoms with E-state index in [9.17, 15) is 0 Å². The molecule has 1 aromatic heterocycles. The Labute approximate surface area is 73.8 Å². The van der Waals surface area contributed by atoms with Crippen LogP contribution in [-0.4, -0.2) is 4.98 Å². The monoisotopic (exact) mass is 164 g/mol. The van der Waals surface area contributed by atoms with Crippen molar-refractivity contribution in [2.75, 3.05) is 5.73 Å². The molecule has 2 nitrogen and oxygen atoms in total. The maximum Gasteiger partial charge on any atom is 0.0501 e. The maximum atomic E-state index is 5.54. The molecule has 1 aromatic rings. The lowest BCUT2D eigenvalue weighted by atomic mass is 10.0. The minimum atomic E-state index is 0.551. The van der Waals surface area contributed by atoms with Crippen LogP contribution in [-0.2, 0) is 0 Å². The van der Waals surface area contributed by atoms with Gasteiger partial charge in [-0.05, 0) is 24.5 Å². The van der Waals surface area contributed by atoms with Crippen LogP contribution in [0.1, 0.15) is 38.3 Å². The van der Waals surface area contributed by atoms with Crippen molar-refractivity contribution in [3.05, 3.63) is 24.0 Å². The molecule has 0 bridgehead atoms. The Hall–Kier alpha value is -1.05. The second-order valence-corrected chi connectivity index (χ2v) is 3.21. The van der Waals surface area contributed by atoms with Gasteiger partial charge in [0.15, 0.2) is 0 Å². The molecule has 0 amide bonds. The first-order chi connectivity index (χ1) is 5.74. The molecular formula is C10H16N2. The van der Waals surface area contributed by atoms with Gasteiger partial charge in [-0.3, -0.25) is 4.98 Å². The molecule has 0 saturated carbocycles. The van der Waals surface area contributed by atoms with Gasteiger partial charge in [-0.15, -0.1) is 0 Å². The first-order valence-electron chi connectivity index (χ1n) is 4.45. The van der Waals surface area contributed by atoms with Gasteiger partial charge in [0.05, 0.1) is 11.9 Å². The molecule has 2 heteroatoms. The molecule has 1 unspecified atom stereocenters. The Bertz CT molecular complexity index is 228. The molecule has 0 aliphatic rings. The van der Waals surface area contributed by atoms with Gasteiger partial charge in [-0.2, -0.15) is 0 Å². The van der Waals surface area contributed by atoms with Crippen molar-refractivity contribution in [3.63, 3.8) is 0 Å². The molecule has 0 fully saturated rings. The molecule has 0 aromatic carbocycles. The first-order valence-corrected chi connectivity index (χ1v) is 4.45. The van der Waals surface area contributed by atoms with Crippen LogP contribution in [0.2, 0.25) is 0 Å². The number of nitrogen functional groups attached to an aromatic ring is 1. The fraction of sp³-hybridized carbons (Fsp3) is 0.500. The highest BCUT2D eigenvalue weighted by atomic mass is 14.7. The molecule has 0 aliphatic heterocycles. The molecule has 0 saturated heterocycles. The third-order valence-corrected chi connectivity index (χ3v) is 2.04. The van der Waals surface area contributed by atoms with Crippen LogP contribution in [0.3, 0.4) is 0 Å². The largest absolute Gasteiger partial charge is 0.397 e. The fourth-order valence-electron chi connectivity index (χ4n) is 1.29. The van der Waals surface area contributed by atoms with Crippen LogP contribution in [0.15, 0.2) is 18.3 Å². The van der Waals surface area contributed by atoms with E-state index < -0.39 is 0 Å². The molecule has 1 atom stereocenters. The zero-order valence-electron chi connectivity index (χ0n) is 7.75. The van der Waals surface area contributed by atoms with Gasteiger partial charge >= 0.3 is 0 Å². The number of rotatable bonds is 3. The van der Waals surface area contributed by atoms with Gasteiger partial charge in [0.1, 0.15) is 0 Å². The lowest BCUT2D eigenvalue weighted by molar-refractivity contribution is 0.648. The van der Waals surface area contributed by atoms with E-state index >= 15 is 0 Å². The molecule has 66 valence electrons. The first kappa shape index (κ1) is 9.04. The maximum absolute atomic E-state index is 5.54. The molecule has 12 heavy (non-hydrogen) atoms. The van der Waals surface area contributed by atoms with Crippen molar-refractivity contribution >= 4 is 5.69 Å². The molecule has 0 aliphatic carbocycles. The van der Waals surface area contributed by atoms with Crippen molar-refractivity contribution in [1.29, 1.82) is 0 Å². The summed E-state index contributed by atoms with van der Waals surface area (Å²) >= 11 is 0. The van der Waals surface area contributed by atoms with Gasteiger partial charge in [0.25, 0.3) is 0 Å². The van der Waals surface area contributed by atoms with Crippen LogP contribution >= 0.6 is 0 Å². The zero-order chi connectivity index (χ0) is 8.97. The quantitative estimate of drug-likeness (QED) is 0.745. The summed E-state index contributed by atoms with van der Waals surface area (Å²) in [5, 5.41) is 0. The number of nitrogens with zero attached hydrogens (tertiary/aromatic N) is 1. The van der Waals surface area contributed by atoms with E-state index in [-0.39, 0.29) is 0 Å². The average Bonchev–Trinajstić information content (AvgIpc) is 2.06. The van der Waals surface area contributed by atoms with Crippen molar-refractivity contribution in [2.24, 2.45) is 0 Å². The van der Waals surface area contributed by atoms with Crippen molar-refractivity contribution in [3.8, 4) is 0 Å². The molecular weight excluding hydrogens is 148 g/mol. The number of pyridine rings is 1. The van der Waals surface area contributed by atoms with E-state index in [0.717, 1.165) is 11.4 Å². The lowest BCUT2D eigenvalue weighted by Gasteiger charge is -2.08. The van der Waals surface area contributed by atoms with E-state index in [2.05, 4.69) is 18.8 Å². The van der Waals surface area contributed by atoms with Gasteiger partial charge in [0, 0.05) is 5.69 Å². The van der Waals surface area contributed by atoms with Crippen molar-refractivity contribution < 1.29 is 0 Å². The van der Waals surface area contributed by atoms with Gasteiger partial charge in [-0.25, -0.2) is 0 Å². The number of hydrogen-bond donors (Lipinski definition) is 1. The molecule has 1 rings (SSSR count). The number of nitrogens with two attached hydrogens (primary N) is 1. The highest BCUT2D eigenvalue weighted by molar-refractivity contribution is 5.35. The van der Waals surface area contributed by atoms with Crippen molar-refractivity contribution in [2.45, 2.75) is 32.6 Å². The highest BCUT2D eigenvalue weighted by Gasteiger charge is 2.04. The minimum absolute atomic E-state index is 0.551. The molecule has 2 N–H and O–H groups in total. The summed E-state index contributed by atoms with van der Waals surface area (Å²) in [4.78, 5) is 4.27. The summed E-state index contributed by atoms with van der Waals surface area (Å²) in [6, 6.07) is 3.92. The van der Waals surface area contributed by atoms with Crippen LogP contribution in [0.5, 0.6) is 0 Å². The van der Waals surface area contributed by atoms with Gasteiger partial charge < -0.3 is 5.73 Å². The summed E-state index contributed by atoms with van der Waals surface area (Å²) < 4.78 is 0. The predicted molar refractivity (Wildman–Crippen MR) is 52.0 cm³/mol. The summed E-state index contributed by atoms with van der Waals surface area (Å²) in [5.74, 6) is 0.551. The van der Waals surface area contributed by atoms with Crippen LogP contribution in [0, 0.1) is 0 Å². The summed E-state index contributed by atoms with van der Waals surface area (Å²) in [7, 11) is 0. The summed E-state index contributed by atoms with van der Waals surface area (Å²) in [5.41, 5.74) is 7.42. The standard InChI is InChI=1S/C10H16N2/c1-3-4-8(2)10-6-5-9(11)7-12-10/h5-8H,3-4,11H2,1-2H3. The lowest BCUT2D eigenvalue weighted by Crippen LogP contribution is -1.97. The Morgan fingerprint density at radius 2 is 2.25 bits per heavy atom. The third kappa shape index (κ3) is 2.22. The Balaban J connectivity index is 2.68. The normalized spacial score (nSPS) is 12.8. The Kier molecular flexibility index (Phi) is 3.09. The van der Waals surface area contributed by atoms with E-state index in [1.54, 1.807) is 6.20 Å². The number of anilines is 1. The highest BCUT2D eigenvalue weighted by Crippen LogP contribution is 2.18. The fourth-order valence-corrected chi connectivity index (χ4v) is 1.29. The second kappa shape index (κ2) is 4.10. The predicted octanol–water partition coefficient (Wildman–Crippen LogP) is 2.57. The smallest absolute Gasteiger partial charge is 0.0501 e. The zero-order valence-corrected chi connectivity index (χ0v) is 7.75. The van der Waals surface area contributed by atoms with E-state index in [4.69, 9.17) is 5.73 Å². The molecule has 0 spiro atoms. The Morgan fingerprint density at radius 3 is 2.75 bits per heavy atom. The van der Waals surface area contributed by atoms with Crippen LogP contribution in [0.25, 0.3) is 0 Å². The molecule has 0 radical (unpaired) electrons. The molecule has 1 heterocycles. The summed E-state index contributed by atoms with van der Waals surface area (Å²) in [6.07, 6.45) is 4.12. The third-order valence-electron chi connectivity index (χ3n) is 2.04. The van der Waals surface area contributed by atoms with E-state index in [1.807, 2.05) is 12.1 Å². The van der Waals surface area contributed by atoms with Crippen molar-refractivity contribution in [1.82, 2.24) is 4.98 Å². The Morgan fingerprint density at radius 1 is 1.50 bits per heavy atom.